The zero-order valence-corrected chi connectivity index (χ0v) is 21.3. The third-order valence-electron chi connectivity index (χ3n) is 6.35. The van der Waals surface area contributed by atoms with Gasteiger partial charge in [0.05, 0.1) is 22.6 Å². The van der Waals surface area contributed by atoms with Gasteiger partial charge in [0.1, 0.15) is 5.76 Å². The molecule has 1 fully saturated rings. The predicted molar refractivity (Wildman–Crippen MR) is 143 cm³/mol. The number of alkyl halides is 3. The first-order valence-corrected chi connectivity index (χ1v) is 12.4. The van der Waals surface area contributed by atoms with Crippen LogP contribution in [0, 0.1) is 0 Å². The summed E-state index contributed by atoms with van der Waals surface area (Å²) < 4.78 is 46.3. The number of aromatic nitrogens is 1. The van der Waals surface area contributed by atoms with E-state index in [2.05, 4.69) is 20.2 Å². The van der Waals surface area contributed by atoms with Gasteiger partial charge in [0, 0.05) is 52.2 Å². The number of carbonyl (C=O) groups excluding carboxylic acids is 1. The molecule has 1 amide bonds. The summed E-state index contributed by atoms with van der Waals surface area (Å²) in [6.45, 7) is 5.25. The number of benzene rings is 1. The van der Waals surface area contributed by atoms with E-state index in [9.17, 15) is 18.0 Å². The standard InChI is InChI=1S/C28H30F3N5O2/c1-3-20(11-13-32-2)25-9-10-26(38-25)27(37)34-23-18-21(28(29,30)31)7-8-24(23)36-16-14-35(15-17-36)19-22-6-4-5-12-33-22/h4-13,18H,3,14-17,19H2,1-2H3,(H,34,37)/b20-11+,32-13?. The minimum atomic E-state index is -4.54. The fraction of sp³-hybridized carbons (Fsp3) is 0.321. The van der Waals surface area contributed by atoms with Gasteiger partial charge in [0.25, 0.3) is 5.91 Å². The zero-order chi connectivity index (χ0) is 27.1. The largest absolute Gasteiger partial charge is 0.451 e. The number of halogens is 3. The Morgan fingerprint density at radius 1 is 1.11 bits per heavy atom. The number of allylic oxidation sites excluding steroid dienone is 2. The lowest BCUT2D eigenvalue weighted by atomic mass is 10.1. The summed E-state index contributed by atoms with van der Waals surface area (Å²) in [5.74, 6) is -0.104. The maximum Gasteiger partial charge on any atom is 0.416 e. The number of hydrogen-bond acceptors (Lipinski definition) is 6. The highest BCUT2D eigenvalue weighted by atomic mass is 19.4. The highest BCUT2D eigenvalue weighted by molar-refractivity contribution is 6.04. The first-order chi connectivity index (χ1) is 18.3. The molecule has 1 N–H and O–H groups in total. The Hall–Kier alpha value is -3.92. The van der Waals surface area contributed by atoms with Crippen LogP contribution in [0.5, 0.6) is 0 Å². The number of nitrogens with one attached hydrogen (secondary N) is 1. The summed E-state index contributed by atoms with van der Waals surface area (Å²) in [4.78, 5) is 25.6. The molecular weight excluding hydrogens is 495 g/mol. The van der Waals surface area contributed by atoms with Gasteiger partial charge in [0.2, 0.25) is 0 Å². The lowest BCUT2D eigenvalue weighted by molar-refractivity contribution is -0.137. The number of nitrogens with zero attached hydrogens (tertiary/aromatic N) is 4. The molecule has 0 spiro atoms. The van der Waals surface area contributed by atoms with Crippen LogP contribution in [0.15, 0.2) is 70.2 Å². The van der Waals surface area contributed by atoms with E-state index in [1.807, 2.05) is 30.0 Å². The van der Waals surface area contributed by atoms with Gasteiger partial charge in [-0.25, -0.2) is 0 Å². The molecule has 2 aromatic heterocycles. The summed E-state index contributed by atoms with van der Waals surface area (Å²) in [5.41, 5.74) is 1.59. The maximum absolute atomic E-state index is 13.5. The molecule has 7 nitrogen and oxygen atoms in total. The molecule has 1 aliphatic heterocycles. The van der Waals surface area contributed by atoms with Gasteiger partial charge in [-0.2, -0.15) is 13.2 Å². The molecule has 1 saturated heterocycles. The second-order valence-electron chi connectivity index (χ2n) is 8.88. The van der Waals surface area contributed by atoms with Crippen molar-refractivity contribution in [3.8, 4) is 0 Å². The Morgan fingerprint density at radius 3 is 2.53 bits per heavy atom. The average molecular weight is 526 g/mol. The molecule has 3 heterocycles. The lowest BCUT2D eigenvalue weighted by Crippen LogP contribution is -2.46. The van der Waals surface area contributed by atoms with Crippen LogP contribution in [0.4, 0.5) is 24.5 Å². The van der Waals surface area contributed by atoms with Crippen molar-refractivity contribution in [1.29, 1.82) is 0 Å². The minimum Gasteiger partial charge on any atom is -0.451 e. The molecule has 0 aliphatic carbocycles. The van der Waals surface area contributed by atoms with Crippen molar-refractivity contribution in [2.24, 2.45) is 4.99 Å². The summed E-state index contributed by atoms with van der Waals surface area (Å²) in [5, 5.41) is 2.66. The molecule has 4 rings (SSSR count). The summed E-state index contributed by atoms with van der Waals surface area (Å²) in [6, 6.07) is 12.4. The highest BCUT2D eigenvalue weighted by Gasteiger charge is 2.32. The molecule has 200 valence electrons. The third kappa shape index (κ3) is 6.69. The topological polar surface area (TPSA) is 74.0 Å². The third-order valence-corrected chi connectivity index (χ3v) is 6.35. The predicted octanol–water partition coefficient (Wildman–Crippen LogP) is 5.76. The number of amides is 1. The van der Waals surface area contributed by atoms with Crippen LogP contribution in [0.2, 0.25) is 0 Å². The Balaban J connectivity index is 1.52. The van der Waals surface area contributed by atoms with Crippen molar-refractivity contribution in [1.82, 2.24) is 9.88 Å². The van der Waals surface area contributed by atoms with E-state index in [1.54, 1.807) is 31.6 Å². The van der Waals surface area contributed by atoms with Crippen molar-refractivity contribution in [2.75, 3.05) is 43.4 Å². The van der Waals surface area contributed by atoms with Crippen molar-refractivity contribution in [2.45, 2.75) is 26.1 Å². The van der Waals surface area contributed by atoms with E-state index < -0.39 is 17.6 Å². The molecule has 0 saturated carbocycles. The average Bonchev–Trinajstić information content (AvgIpc) is 3.40. The van der Waals surface area contributed by atoms with Crippen LogP contribution in [0.3, 0.4) is 0 Å². The van der Waals surface area contributed by atoms with Gasteiger partial charge in [-0.1, -0.05) is 13.0 Å². The molecule has 0 radical (unpaired) electrons. The van der Waals surface area contributed by atoms with Crippen LogP contribution < -0.4 is 10.2 Å². The number of pyridine rings is 1. The Labute approximate surface area is 219 Å². The van der Waals surface area contributed by atoms with E-state index >= 15 is 0 Å². The van der Waals surface area contributed by atoms with Gasteiger partial charge < -0.3 is 14.6 Å². The highest BCUT2D eigenvalue weighted by Crippen LogP contribution is 2.36. The van der Waals surface area contributed by atoms with E-state index in [-0.39, 0.29) is 11.4 Å². The smallest absolute Gasteiger partial charge is 0.416 e. The molecular formula is C28H30F3N5O2. The van der Waals surface area contributed by atoms with Gasteiger partial charge in [-0.15, -0.1) is 0 Å². The van der Waals surface area contributed by atoms with Crippen molar-refractivity contribution in [3.63, 3.8) is 0 Å². The van der Waals surface area contributed by atoms with Crippen molar-refractivity contribution < 1.29 is 22.4 Å². The Kier molecular flexibility index (Phi) is 8.62. The molecule has 0 unspecified atom stereocenters. The van der Waals surface area contributed by atoms with E-state index in [1.165, 1.54) is 12.1 Å². The number of furan rings is 1. The van der Waals surface area contributed by atoms with E-state index in [0.29, 0.717) is 50.6 Å². The molecule has 10 heteroatoms. The van der Waals surface area contributed by atoms with Crippen LogP contribution in [-0.4, -0.2) is 55.2 Å². The Morgan fingerprint density at radius 2 is 1.87 bits per heavy atom. The number of piperazine rings is 1. The summed E-state index contributed by atoms with van der Waals surface area (Å²) >= 11 is 0. The van der Waals surface area contributed by atoms with Gasteiger partial charge >= 0.3 is 6.18 Å². The molecule has 1 aromatic carbocycles. The van der Waals surface area contributed by atoms with E-state index in [4.69, 9.17) is 4.42 Å². The van der Waals surface area contributed by atoms with Crippen molar-refractivity contribution in [3.05, 3.63) is 83.6 Å². The van der Waals surface area contributed by atoms with Crippen LogP contribution in [-0.2, 0) is 12.7 Å². The molecule has 1 aliphatic rings. The second kappa shape index (κ2) is 12.1. The monoisotopic (exact) mass is 525 g/mol. The van der Waals surface area contributed by atoms with E-state index in [0.717, 1.165) is 23.4 Å². The summed E-state index contributed by atoms with van der Waals surface area (Å²) in [7, 11) is 1.65. The van der Waals surface area contributed by atoms with Crippen LogP contribution in [0.1, 0.15) is 40.9 Å². The number of anilines is 2. The number of carbonyl (C=O) groups is 1. The molecule has 3 aromatic rings. The SMILES string of the molecule is CC/C(=C\C=NC)c1ccc(C(=O)Nc2cc(C(F)(F)F)ccc2N2CCN(Cc3ccccn3)CC2)o1. The fourth-order valence-corrected chi connectivity index (χ4v) is 4.31. The number of rotatable bonds is 8. The molecule has 38 heavy (non-hydrogen) atoms. The quantitative estimate of drug-likeness (QED) is 0.379. The lowest BCUT2D eigenvalue weighted by Gasteiger charge is -2.37. The van der Waals surface area contributed by atoms with Crippen LogP contribution in [0.25, 0.3) is 5.57 Å². The second-order valence-corrected chi connectivity index (χ2v) is 8.88. The first kappa shape index (κ1) is 27.1. The molecule has 0 bridgehead atoms. The first-order valence-electron chi connectivity index (χ1n) is 12.4. The summed E-state index contributed by atoms with van der Waals surface area (Å²) in [6.07, 6.45) is 1.29. The van der Waals surface area contributed by atoms with Gasteiger partial charge in [-0.05, 0) is 60.5 Å². The number of hydrogen-bond donors (Lipinski definition) is 1. The minimum absolute atomic E-state index is 0.0105. The normalized spacial score (nSPS) is 15.3. The van der Waals surface area contributed by atoms with Crippen LogP contribution >= 0.6 is 0 Å². The molecule has 0 atom stereocenters. The van der Waals surface area contributed by atoms with Gasteiger partial charge in [-0.3, -0.25) is 19.7 Å². The maximum atomic E-state index is 13.5. The van der Waals surface area contributed by atoms with Gasteiger partial charge in [0.15, 0.2) is 5.76 Å². The fourth-order valence-electron chi connectivity index (χ4n) is 4.31. The zero-order valence-electron chi connectivity index (χ0n) is 21.3. The van der Waals surface area contributed by atoms with Crippen molar-refractivity contribution >= 4 is 29.1 Å². The Bertz CT molecular complexity index is 1290. The number of aliphatic imine (C=N–C) groups is 1.